The normalized spacial score (nSPS) is 18.0. The van der Waals surface area contributed by atoms with E-state index in [-0.39, 0.29) is 48.9 Å². The van der Waals surface area contributed by atoms with Crippen molar-refractivity contribution in [2.45, 2.75) is 64.2 Å². The number of carboxylic acids is 1. The van der Waals surface area contributed by atoms with Gasteiger partial charge in [0.1, 0.15) is 0 Å². The van der Waals surface area contributed by atoms with Crippen molar-refractivity contribution in [1.82, 2.24) is 0 Å². The maximum atomic E-state index is 12.1. The molecule has 1 aliphatic rings. The molecule has 0 heterocycles. The van der Waals surface area contributed by atoms with E-state index in [0.717, 1.165) is 12.8 Å². The molecule has 0 aliphatic heterocycles. The van der Waals surface area contributed by atoms with Gasteiger partial charge in [0.05, 0.1) is 0 Å². The van der Waals surface area contributed by atoms with Gasteiger partial charge in [0, 0.05) is 18.0 Å². The Kier molecular flexibility index (Phi) is 5.73. The summed E-state index contributed by atoms with van der Waals surface area (Å²) in [6, 6.07) is 5.84. The van der Waals surface area contributed by atoms with E-state index < -0.39 is 5.97 Å². The van der Waals surface area contributed by atoms with Gasteiger partial charge in [0.2, 0.25) is 0 Å². The third-order valence-corrected chi connectivity index (χ3v) is 4.73. The van der Waals surface area contributed by atoms with Crippen LogP contribution in [0.1, 0.15) is 74.9 Å². The maximum absolute atomic E-state index is 12.1. The Balaban J connectivity index is 0.00000242. The van der Waals surface area contributed by atoms with Gasteiger partial charge in [-0.3, -0.25) is 4.79 Å². The van der Waals surface area contributed by atoms with Crippen LogP contribution in [-0.4, -0.2) is 11.8 Å². The molecule has 0 unspecified atom stereocenters. The van der Waals surface area contributed by atoms with Gasteiger partial charge in [-0.25, -0.2) is 0 Å². The minimum Gasteiger partial charge on any atom is -0.550 e. The second-order valence-corrected chi connectivity index (χ2v) is 7.32. The van der Waals surface area contributed by atoms with Crippen LogP contribution in [0.4, 0.5) is 0 Å². The Morgan fingerprint density at radius 2 is 1.55 bits per heavy atom. The summed E-state index contributed by atoms with van der Waals surface area (Å²) in [6.07, 6.45) is 2.00. The van der Waals surface area contributed by atoms with Crippen molar-refractivity contribution in [3.8, 4) is 0 Å². The van der Waals surface area contributed by atoms with Crippen molar-refractivity contribution in [2.24, 2.45) is 0 Å². The standard InChI is InChI=1S/C18H24O3.Zn/c1-17(2)9-10-18(3,4)14-11-12(5-6-13(14)17)15(19)7-8-16(20)21;/h5-6,11H,7-10H2,1-4H3,(H,20,21);/q;+2/p-1. The van der Waals surface area contributed by atoms with E-state index in [1.165, 1.54) is 11.1 Å². The van der Waals surface area contributed by atoms with Gasteiger partial charge in [-0.2, -0.15) is 0 Å². The van der Waals surface area contributed by atoms with Crippen LogP contribution in [0.5, 0.6) is 0 Å². The van der Waals surface area contributed by atoms with Crippen molar-refractivity contribution in [1.29, 1.82) is 0 Å². The molecule has 114 valence electrons. The number of carboxylic acid groups (broad SMARTS) is 1. The summed E-state index contributed by atoms with van der Waals surface area (Å²) in [6.45, 7) is 8.88. The van der Waals surface area contributed by atoms with Gasteiger partial charge in [-0.1, -0.05) is 39.8 Å². The monoisotopic (exact) mass is 351 g/mol. The summed E-state index contributed by atoms with van der Waals surface area (Å²) in [5.74, 6) is -1.30. The fourth-order valence-electron chi connectivity index (χ4n) is 3.12. The molecule has 1 aromatic rings. The SMILES string of the molecule is CC1(C)CCC(C)(C)c2cc(C(=O)CCC(=O)[O-])ccc21.[Zn+2]. The molecule has 0 radical (unpaired) electrons. The van der Waals surface area contributed by atoms with Crippen molar-refractivity contribution < 1.29 is 34.2 Å². The van der Waals surface area contributed by atoms with Crippen LogP contribution < -0.4 is 5.11 Å². The molecule has 4 heteroatoms. The summed E-state index contributed by atoms with van der Waals surface area (Å²) in [5, 5.41) is 10.5. The molecule has 2 rings (SSSR count). The van der Waals surface area contributed by atoms with Crippen LogP contribution in [0, 0.1) is 0 Å². The number of carbonyl (C=O) groups is 2. The van der Waals surface area contributed by atoms with Crippen LogP contribution in [0.15, 0.2) is 18.2 Å². The number of rotatable bonds is 4. The molecule has 1 aliphatic carbocycles. The average molecular weight is 353 g/mol. The number of aliphatic carboxylic acids is 1. The maximum Gasteiger partial charge on any atom is 2.00 e. The van der Waals surface area contributed by atoms with Crippen molar-refractivity contribution in [3.05, 3.63) is 34.9 Å². The molecule has 0 atom stereocenters. The molecule has 22 heavy (non-hydrogen) atoms. The van der Waals surface area contributed by atoms with Crippen molar-refractivity contribution in [2.75, 3.05) is 0 Å². The van der Waals surface area contributed by atoms with Crippen molar-refractivity contribution >= 4 is 11.8 Å². The number of fused-ring (bicyclic) bond motifs is 1. The van der Waals surface area contributed by atoms with E-state index in [9.17, 15) is 14.7 Å². The zero-order valence-corrected chi connectivity index (χ0v) is 17.0. The van der Waals surface area contributed by atoms with E-state index in [1.54, 1.807) is 0 Å². The zero-order valence-electron chi connectivity index (χ0n) is 14.0. The molecule has 0 amide bonds. The Labute approximate surface area is 145 Å². The molecule has 3 nitrogen and oxygen atoms in total. The van der Waals surface area contributed by atoms with E-state index in [1.807, 2.05) is 18.2 Å². The number of ketones is 1. The predicted octanol–water partition coefficient (Wildman–Crippen LogP) is 2.75. The Morgan fingerprint density at radius 1 is 1.00 bits per heavy atom. The molecular formula is C18H23O3Zn+. The fraction of sp³-hybridized carbons (Fsp3) is 0.556. The first kappa shape index (κ1) is 19.0. The fourth-order valence-corrected chi connectivity index (χ4v) is 3.12. The van der Waals surface area contributed by atoms with Crippen LogP contribution >= 0.6 is 0 Å². The topological polar surface area (TPSA) is 57.2 Å². The van der Waals surface area contributed by atoms with Gasteiger partial charge in [-0.15, -0.1) is 0 Å². The number of hydrogen-bond acceptors (Lipinski definition) is 3. The second kappa shape index (κ2) is 6.62. The molecule has 0 aromatic heterocycles. The summed E-state index contributed by atoms with van der Waals surface area (Å²) >= 11 is 0. The van der Waals surface area contributed by atoms with E-state index in [2.05, 4.69) is 27.7 Å². The summed E-state index contributed by atoms with van der Waals surface area (Å²) in [7, 11) is 0. The third kappa shape index (κ3) is 3.84. The van der Waals surface area contributed by atoms with Crippen LogP contribution in [0.2, 0.25) is 0 Å². The van der Waals surface area contributed by atoms with Crippen LogP contribution in [-0.2, 0) is 35.1 Å². The number of carbonyl (C=O) groups excluding carboxylic acids is 2. The third-order valence-electron chi connectivity index (χ3n) is 4.73. The molecule has 0 saturated heterocycles. The molecule has 0 fully saturated rings. The van der Waals surface area contributed by atoms with Crippen molar-refractivity contribution in [3.63, 3.8) is 0 Å². The number of benzene rings is 1. The molecule has 0 bridgehead atoms. The molecule has 0 saturated carbocycles. The largest absolute Gasteiger partial charge is 2.00 e. The van der Waals surface area contributed by atoms with E-state index in [4.69, 9.17) is 0 Å². The van der Waals surface area contributed by atoms with E-state index in [0.29, 0.717) is 5.56 Å². The average Bonchev–Trinajstić information content (AvgIpc) is 2.41. The first-order valence-electron chi connectivity index (χ1n) is 7.51. The van der Waals surface area contributed by atoms with Crippen LogP contribution in [0.3, 0.4) is 0 Å². The predicted molar refractivity (Wildman–Crippen MR) is 80.3 cm³/mol. The Morgan fingerprint density at radius 3 is 2.09 bits per heavy atom. The smallest absolute Gasteiger partial charge is 0.550 e. The zero-order chi connectivity index (χ0) is 15.8. The summed E-state index contributed by atoms with van der Waals surface area (Å²) in [5.41, 5.74) is 3.31. The first-order chi connectivity index (χ1) is 9.63. The number of Topliss-reactive ketones (excluding diaryl/α,β-unsaturated/α-hetero) is 1. The van der Waals surface area contributed by atoms with Gasteiger partial charge in [0.15, 0.2) is 5.78 Å². The number of hydrogen-bond donors (Lipinski definition) is 0. The quantitative estimate of drug-likeness (QED) is 0.618. The Hall–Kier alpha value is -1.02. The van der Waals surface area contributed by atoms with Gasteiger partial charge < -0.3 is 9.90 Å². The van der Waals surface area contributed by atoms with Gasteiger partial charge >= 0.3 is 19.5 Å². The van der Waals surface area contributed by atoms with Crippen LogP contribution in [0.25, 0.3) is 0 Å². The minimum atomic E-state index is -1.18. The molecule has 0 spiro atoms. The molecular weight excluding hydrogens is 330 g/mol. The van der Waals surface area contributed by atoms with Gasteiger partial charge in [-0.05, 0) is 47.3 Å². The molecule has 1 aromatic carbocycles. The summed E-state index contributed by atoms with van der Waals surface area (Å²) in [4.78, 5) is 22.6. The second-order valence-electron chi connectivity index (χ2n) is 7.32. The molecule has 0 N–H and O–H groups in total. The minimum absolute atomic E-state index is 0. The van der Waals surface area contributed by atoms with Gasteiger partial charge in [0.25, 0.3) is 0 Å². The van der Waals surface area contributed by atoms with E-state index >= 15 is 0 Å². The first-order valence-corrected chi connectivity index (χ1v) is 7.51. The Bertz CT molecular complexity index is 588. The summed E-state index contributed by atoms with van der Waals surface area (Å²) < 4.78 is 0.